The van der Waals surface area contributed by atoms with E-state index in [-0.39, 0.29) is 4.90 Å². The zero-order chi connectivity index (χ0) is 27.4. The molecule has 0 fully saturated rings. The van der Waals surface area contributed by atoms with Crippen LogP contribution >= 0.6 is 34.8 Å². The van der Waals surface area contributed by atoms with Gasteiger partial charge in [0.2, 0.25) is 0 Å². The average molecular weight is 590 g/mol. The monoisotopic (exact) mass is 588 g/mol. The van der Waals surface area contributed by atoms with Crippen LogP contribution < -0.4 is 9.73 Å². The number of aryl methyl sites for hydroxylation is 1. The number of rotatable bonds is 8. The van der Waals surface area contributed by atoms with Crippen LogP contribution in [0, 0.1) is 13.8 Å². The fourth-order valence-corrected chi connectivity index (χ4v) is 5.88. The summed E-state index contributed by atoms with van der Waals surface area (Å²) in [6, 6.07) is 21.3. The smallest absolute Gasteiger partial charge is 0.264 e. The summed E-state index contributed by atoms with van der Waals surface area (Å²) in [6.45, 7) is 3.31. The van der Waals surface area contributed by atoms with Crippen molar-refractivity contribution in [2.45, 2.75) is 18.7 Å². The summed E-state index contributed by atoms with van der Waals surface area (Å²) in [5.74, 6) is -0.623. The quantitative estimate of drug-likeness (QED) is 0.191. The number of sulfonamides is 1. The summed E-state index contributed by atoms with van der Waals surface area (Å²) in [5.41, 5.74) is 5.90. The van der Waals surface area contributed by atoms with Crippen LogP contribution in [0.1, 0.15) is 17.0 Å². The number of hydrogen-bond donors (Lipinski definition) is 1. The molecule has 0 aliphatic heterocycles. The normalized spacial score (nSPS) is 11.6. The van der Waals surface area contributed by atoms with E-state index in [1.807, 2.05) is 36.6 Å². The van der Waals surface area contributed by atoms with Crippen LogP contribution in [-0.2, 0) is 14.8 Å². The number of hydrazone groups is 1. The van der Waals surface area contributed by atoms with Crippen molar-refractivity contribution in [2.75, 3.05) is 10.8 Å². The van der Waals surface area contributed by atoms with E-state index in [4.69, 9.17) is 34.8 Å². The predicted octanol–water partition coefficient (Wildman–Crippen LogP) is 6.40. The Labute approximate surface area is 236 Å². The van der Waals surface area contributed by atoms with Crippen molar-refractivity contribution < 1.29 is 13.2 Å². The summed E-state index contributed by atoms with van der Waals surface area (Å²) in [7, 11) is -4.04. The first-order valence-electron chi connectivity index (χ1n) is 11.4. The molecule has 4 rings (SSSR count). The Morgan fingerprint density at radius 3 is 2.34 bits per heavy atom. The van der Waals surface area contributed by atoms with Crippen molar-refractivity contribution in [1.82, 2.24) is 9.99 Å². The van der Waals surface area contributed by atoms with Crippen molar-refractivity contribution in [1.29, 1.82) is 0 Å². The second-order valence-corrected chi connectivity index (χ2v) is 11.4. The summed E-state index contributed by atoms with van der Waals surface area (Å²) >= 11 is 18.6. The maximum absolute atomic E-state index is 13.4. The van der Waals surface area contributed by atoms with Gasteiger partial charge in [-0.15, -0.1) is 0 Å². The molecule has 7 nitrogen and oxygen atoms in total. The Bertz CT molecular complexity index is 1600. The minimum absolute atomic E-state index is 0.0540. The molecule has 1 aromatic heterocycles. The zero-order valence-corrected chi connectivity index (χ0v) is 23.5. The number of amides is 1. The van der Waals surface area contributed by atoms with E-state index in [1.165, 1.54) is 30.5 Å². The predicted molar refractivity (Wildman–Crippen MR) is 153 cm³/mol. The highest BCUT2D eigenvalue weighted by atomic mass is 35.5. The van der Waals surface area contributed by atoms with E-state index in [2.05, 4.69) is 10.5 Å². The minimum atomic E-state index is -4.04. The summed E-state index contributed by atoms with van der Waals surface area (Å²) in [5, 5.41) is 5.37. The number of carbonyl (C=O) groups is 1. The Kier molecular flexibility index (Phi) is 8.47. The van der Waals surface area contributed by atoms with Gasteiger partial charge in [0.05, 0.1) is 32.5 Å². The minimum Gasteiger partial charge on any atom is -0.316 e. The fraction of sp³-hybridized carbons (Fsp3) is 0.111. The first kappa shape index (κ1) is 27.7. The van der Waals surface area contributed by atoms with Crippen LogP contribution in [0.3, 0.4) is 0 Å². The lowest BCUT2D eigenvalue weighted by Gasteiger charge is -2.23. The maximum atomic E-state index is 13.4. The number of nitrogens with zero attached hydrogens (tertiary/aromatic N) is 3. The van der Waals surface area contributed by atoms with Gasteiger partial charge in [0, 0.05) is 22.0 Å². The van der Waals surface area contributed by atoms with Gasteiger partial charge in [0.1, 0.15) is 6.54 Å². The number of benzene rings is 3. The molecule has 4 aromatic rings. The van der Waals surface area contributed by atoms with Crippen LogP contribution in [0.5, 0.6) is 0 Å². The molecule has 0 aliphatic rings. The summed E-state index contributed by atoms with van der Waals surface area (Å²) < 4.78 is 29.7. The van der Waals surface area contributed by atoms with E-state index < -0.39 is 22.5 Å². The number of anilines is 1. The molecule has 0 bridgehead atoms. The van der Waals surface area contributed by atoms with Gasteiger partial charge in [-0.05, 0) is 68.4 Å². The molecule has 0 unspecified atom stereocenters. The van der Waals surface area contributed by atoms with E-state index in [1.54, 1.807) is 36.4 Å². The fourth-order valence-electron chi connectivity index (χ4n) is 3.94. The second kappa shape index (κ2) is 11.6. The van der Waals surface area contributed by atoms with E-state index >= 15 is 0 Å². The lowest BCUT2D eigenvalue weighted by molar-refractivity contribution is -0.119. The summed E-state index contributed by atoms with van der Waals surface area (Å²) in [4.78, 5) is 12.9. The molecule has 38 heavy (non-hydrogen) atoms. The van der Waals surface area contributed by atoms with Crippen LogP contribution in [0.15, 0.2) is 88.9 Å². The van der Waals surface area contributed by atoms with Crippen molar-refractivity contribution in [2.24, 2.45) is 5.10 Å². The highest BCUT2D eigenvalue weighted by molar-refractivity contribution is 7.92. The van der Waals surface area contributed by atoms with Gasteiger partial charge >= 0.3 is 0 Å². The van der Waals surface area contributed by atoms with E-state index in [0.29, 0.717) is 20.8 Å². The standard InChI is InChI=1S/C27H23Cl3N4O3S/c1-18-15-20(19(2)34(18)25-10-6-9-24(29)27(25)30)16-31-32-26(35)17-33(22-13-11-21(28)12-14-22)38(36,37)23-7-4-3-5-8-23/h3-16H,17H2,1-2H3,(H,32,35)/b31-16+. The van der Waals surface area contributed by atoms with Crippen molar-refractivity contribution in [3.05, 3.63) is 111 Å². The summed E-state index contributed by atoms with van der Waals surface area (Å²) in [6.07, 6.45) is 1.49. The van der Waals surface area contributed by atoms with Gasteiger partial charge in [-0.2, -0.15) is 5.10 Å². The molecule has 1 N–H and O–H groups in total. The highest BCUT2D eigenvalue weighted by Gasteiger charge is 2.27. The number of halogens is 3. The van der Waals surface area contributed by atoms with Gasteiger partial charge in [-0.25, -0.2) is 13.8 Å². The Balaban J connectivity index is 1.56. The van der Waals surface area contributed by atoms with Gasteiger partial charge in [-0.3, -0.25) is 9.10 Å². The molecule has 0 spiro atoms. The first-order valence-corrected chi connectivity index (χ1v) is 14.0. The van der Waals surface area contributed by atoms with Crippen LogP contribution in [0.4, 0.5) is 5.69 Å². The van der Waals surface area contributed by atoms with Crippen LogP contribution in [0.25, 0.3) is 5.69 Å². The molecule has 196 valence electrons. The molecule has 0 atom stereocenters. The van der Waals surface area contributed by atoms with E-state index in [0.717, 1.165) is 26.9 Å². The molecule has 0 aliphatic carbocycles. The SMILES string of the molecule is Cc1cc(/C=N/NC(=O)CN(c2ccc(Cl)cc2)S(=O)(=O)c2ccccc2)c(C)n1-c1cccc(Cl)c1Cl. The van der Waals surface area contributed by atoms with Gasteiger partial charge < -0.3 is 4.57 Å². The average Bonchev–Trinajstić information content (AvgIpc) is 3.18. The molecule has 0 saturated carbocycles. The topological polar surface area (TPSA) is 83.8 Å². The third kappa shape index (κ3) is 5.89. The Morgan fingerprint density at radius 2 is 1.66 bits per heavy atom. The molecule has 3 aromatic carbocycles. The Morgan fingerprint density at radius 1 is 0.974 bits per heavy atom. The molecule has 0 saturated heterocycles. The third-order valence-electron chi connectivity index (χ3n) is 5.77. The number of hydrogen-bond acceptors (Lipinski definition) is 4. The van der Waals surface area contributed by atoms with Crippen LogP contribution in [-0.4, -0.2) is 31.7 Å². The molecular formula is C27H23Cl3N4O3S. The molecule has 1 heterocycles. The number of carbonyl (C=O) groups excluding carboxylic acids is 1. The molecule has 1 amide bonds. The Hall–Kier alpha value is -3.30. The number of aromatic nitrogens is 1. The molecule has 11 heteroatoms. The first-order chi connectivity index (χ1) is 18.1. The van der Waals surface area contributed by atoms with Gasteiger partial charge in [0.15, 0.2) is 0 Å². The second-order valence-electron chi connectivity index (χ2n) is 8.33. The van der Waals surface area contributed by atoms with Crippen molar-refractivity contribution in [3.63, 3.8) is 0 Å². The van der Waals surface area contributed by atoms with Gasteiger partial charge in [-0.1, -0.05) is 59.1 Å². The lowest BCUT2D eigenvalue weighted by Crippen LogP contribution is -2.39. The van der Waals surface area contributed by atoms with E-state index in [9.17, 15) is 13.2 Å². The van der Waals surface area contributed by atoms with Crippen LogP contribution in [0.2, 0.25) is 15.1 Å². The zero-order valence-electron chi connectivity index (χ0n) is 20.4. The maximum Gasteiger partial charge on any atom is 0.264 e. The largest absolute Gasteiger partial charge is 0.316 e. The highest BCUT2D eigenvalue weighted by Crippen LogP contribution is 2.31. The number of nitrogens with one attached hydrogen (secondary N) is 1. The molecule has 0 radical (unpaired) electrons. The molecular weight excluding hydrogens is 567 g/mol. The van der Waals surface area contributed by atoms with Crippen molar-refractivity contribution in [3.8, 4) is 5.69 Å². The van der Waals surface area contributed by atoms with Crippen molar-refractivity contribution >= 4 is 62.6 Å². The lowest BCUT2D eigenvalue weighted by atomic mass is 10.2. The van der Waals surface area contributed by atoms with Gasteiger partial charge in [0.25, 0.3) is 15.9 Å². The third-order valence-corrected chi connectivity index (χ3v) is 8.62.